The molecule has 8 fully saturated rings. The molecule has 4 aliphatic carbocycles. The van der Waals surface area contributed by atoms with Gasteiger partial charge in [-0.25, -0.2) is 0 Å². The first kappa shape index (κ1) is 56.7. The Kier molecular flexibility index (Phi) is 16.8. The minimum absolute atomic E-state index is 0.0244. The second-order valence-electron chi connectivity index (χ2n) is 23.9. The molecule has 0 aromatic heterocycles. The molecule has 1 unspecified atom stereocenters. The average Bonchev–Trinajstić information content (AvgIpc) is 3.81. The van der Waals surface area contributed by atoms with Gasteiger partial charge in [0.1, 0.15) is 67.1 Å². The minimum atomic E-state index is -1.84. The van der Waals surface area contributed by atoms with Crippen LogP contribution in [0.25, 0.3) is 0 Å². The fraction of sp³-hybridized carbons (Fsp3) is 0.923. The third-order valence-corrected chi connectivity index (χ3v) is 19.3. The molecule has 5 saturated heterocycles. The normalized spacial score (nSPS) is 50.9. The van der Waals surface area contributed by atoms with E-state index in [1.807, 2.05) is 0 Å². The van der Waals surface area contributed by atoms with E-state index in [1.54, 1.807) is 0 Å². The van der Waals surface area contributed by atoms with Gasteiger partial charge in [0.2, 0.25) is 0 Å². The van der Waals surface area contributed by atoms with Gasteiger partial charge in [-0.15, -0.1) is 0 Å². The third kappa shape index (κ3) is 10.4. The minimum Gasteiger partial charge on any atom is -0.469 e. The zero-order valence-electron chi connectivity index (χ0n) is 43.3. The maximum atomic E-state index is 12.6. The fourth-order valence-electron chi connectivity index (χ4n) is 15.1. The Morgan fingerprint density at radius 1 is 0.743 bits per heavy atom. The molecule has 5 heterocycles. The highest BCUT2D eigenvalue weighted by molar-refractivity contribution is 5.74. The van der Waals surface area contributed by atoms with E-state index in [1.165, 1.54) is 26.5 Å². The molecule has 22 heteroatoms. The maximum Gasteiger partial charge on any atom is 0.308 e. The largest absolute Gasteiger partial charge is 0.469 e. The molecule has 1 spiro atoms. The lowest BCUT2D eigenvalue weighted by Gasteiger charge is -2.59. The summed E-state index contributed by atoms with van der Waals surface area (Å²) in [7, 11) is 1.23. The highest BCUT2D eigenvalue weighted by atomic mass is 16.8. The first-order valence-electron chi connectivity index (χ1n) is 26.8. The van der Waals surface area contributed by atoms with Gasteiger partial charge in [-0.05, 0) is 99.7 Å². The number of aliphatic hydroxyl groups is 10. The Bertz CT molecular complexity index is 2000. The predicted molar refractivity (Wildman–Crippen MR) is 251 cm³/mol. The Morgan fingerprint density at radius 2 is 1.41 bits per heavy atom. The van der Waals surface area contributed by atoms with E-state index in [-0.39, 0.29) is 48.2 Å². The molecule has 22 nitrogen and oxygen atoms in total. The summed E-state index contributed by atoms with van der Waals surface area (Å²) in [4.78, 5) is 24.3. The standard InChI is InChI=1S/C52H82O22/c1-23-36-31(74-52(23)14-9-25(22-67-52)21-66-35(56)18-49(3,64)17-34(55)65-6)16-30-28-8-7-26-15-27(10-12-50(26,4)29(28)11-13-51(30,36)5)69-48-45(73-46-41(61)39(59)37(57)24(2)68-46)43(63)44(33(20-54)71-48)72-47-42(62)40(60)38(58)32(19-53)70-47/h7,23-25,27-33,36-48,53-54,57-64H,8-22H2,1-6H3/t23-,24-,25-,27-,28+,29-,30-,31-,32+,33+,36-,37-,38+,39+,40-,41+,42+,43-,44+,45+,46-,47-,48+,49?,50-,51-,52+/m0/s1. The Hall–Kier alpha value is -2.04. The van der Waals surface area contributed by atoms with Crippen molar-refractivity contribution in [3.8, 4) is 0 Å². The molecule has 10 N–H and O–H groups in total. The Morgan fingerprint density at radius 3 is 2.08 bits per heavy atom. The SMILES string of the molecule is COC(=O)CC(C)(O)CC(=O)OC[C@@H]1CC[C@@]2(OC1)O[C@H]1C[C@H]3[C@@H]4CC=C5C[C@@H](O[C@@H]6O[C@H](CO)[C@@H](O[C@@H]7O[C@H](CO)[C@@H](O)[C@H](O)[C@H]7O)[C@H](O)[C@H]6O[C@@H]6O[C@@H](C)[C@H](O)[C@@H](O)[C@H]6O)CC[C@]5(C)[C@H]4CC[C@]3(C)[C@H]1[C@@H]2C. The topological polar surface area (TPSA) is 329 Å². The molecule has 0 bridgehead atoms. The second kappa shape index (κ2) is 21.9. The van der Waals surface area contributed by atoms with Gasteiger partial charge in [0.25, 0.3) is 0 Å². The van der Waals surface area contributed by atoms with Crippen LogP contribution in [-0.4, -0.2) is 212 Å². The number of hydrogen-bond donors (Lipinski definition) is 10. The Balaban J connectivity index is 0.845. The van der Waals surface area contributed by atoms with Crippen LogP contribution >= 0.6 is 0 Å². The molecule has 3 saturated carbocycles. The maximum absolute atomic E-state index is 12.6. The summed E-state index contributed by atoms with van der Waals surface area (Å²) >= 11 is 0. The summed E-state index contributed by atoms with van der Waals surface area (Å²) in [6, 6.07) is 0. The summed E-state index contributed by atoms with van der Waals surface area (Å²) in [5.74, 6) is -0.179. The van der Waals surface area contributed by atoms with Crippen molar-refractivity contribution in [3.05, 3.63) is 11.6 Å². The lowest BCUT2D eigenvalue weighted by atomic mass is 9.47. The van der Waals surface area contributed by atoms with Crippen LogP contribution in [0.15, 0.2) is 11.6 Å². The van der Waals surface area contributed by atoms with Gasteiger partial charge in [0.05, 0.1) is 70.3 Å². The number of ether oxygens (including phenoxy) is 10. The molecule has 5 aliphatic heterocycles. The monoisotopic (exact) mass is 1060 g/mol. The van der Waals surface area contributed by atoms with E-state index in [2.05, 4.69) is 31.6 Å². The van der Waals surface area contributed by atoms with Crippen molar-refractivity contribution < 1.29 is 108 Å². The van der Waals surface area contributed by atoms with Crippen molar-refractivity contribution in [2.45, 2.75) is 221 Å². The zero-order valence-corrected chi connectivity index (χ0v) is 43.3. The second-order valence-corrected chi connectivity index (χ2v) is 23.9. The van der Waals surface area contributed by atoms with Gasteiger partial charge < -0.3 is 98.4 Å². The molecule has 0 amide bonds. The predicted octanol–water partition coefficient (Wildman–Crippen LogP) is -0.558. The zero-order chi connectivity index (χ0) is 53.4. The molecule has 9 rings (SSSR count). The molecule has 422 valence electrons. The molecule has 74 heavy (non-hydrogen) atoms. The first-order valence-corrected chi connectivity index (χ1v) is 26.8. The van der Waals surface area contributed by atoms with E-state index >= 15 is 0 Å². The number of carbonyl (C=O) groups excluding carboxylic acids is 2. The number of aliphatic hydroxyl groups excluding tert-OH is 9. The van der Waals surface area contributed by atoms with Crippen LogP contribution in [0.3, 0.4) is 0 Å². The van der Waals surface area contributed by atoms with Crippen LogP contribution in [-0.2, 0) is 57.0 Å². The quantitative estimate of drug-likeness (QED) is 0.0770. The van der Waals surface area contributed by atoms with Crippen molar-refractivity contribution in [2.24, 2.45) is 46.3 Å². The number of allylic oxidation sites excluding steroid dienone is 1. The van der Waals surface area contributed by atoms with Crippen molar-refractivity contribution in [1.29, 1.82) is 0 Å². The number of fused-ring (bicyclic) bond motifs is 7. The number of methoxy groups -OCH3 is 1. The summed E-state index contributed by atoms with van der Waals surface area (Å²) in [5.41, 5.74) is -0.379. The van der Waals surface area contributed by atoms with Crippen LogP contribution in [0.4, 0.5) is 0 Å². The van der Waals surface area contributed by atoms with Crippen LogP contribution in [0.5, 0.6) is 0 Å². The third-order valence-electron chi connectivity index (χ3n) is 19.3. The van der Waals surface area contributed by atoms with Crippen LogP contribution < -0.4 is 0 Å². The average molecular weight is 1060 g/mol. The van der Waals surface area contributed by atoms with E-state index < -0.39 is 135 Å². The van der Waals surface area contributed by atoms with Crippen molar-refractivity contribution in [1.82, 2.24) is 0 Å². The van der Waals surface area contributed by atoms with Gasteiger partial charge in [-0.1, -0.05) is 32.4 Å². The highest BCUT2D eigenvalue weighted by Crippen LogP contribution is 2.71. The van der Waals surface area contributed by atoms with E-state index in [0.29, 0.717) is 49.5 Å². The fourth-order valence-corrected chi connectivity index (χ4v) is 15.1. The molecule has 0 aromatic rings. The van der Waals surface area contributed by atoms with E-state index in [4.69, 9.17) is 42.6 Å². The molecule has 9 aliphatic rings. The van der Waals surface area contributed by atoms with E-state index in [0.717, 1.165) is 38.5 Å². The molecular formula is C52H82O22. The van der Waals surface area contributed by atoms with Gasteiger partial charge in [-0.3, -0.25) is 9.59 Å². The number of esters is 2. The van der Waals surface area contributed by atoms with Crippen molar-refractivity contribution in [2.75, 3.05) is 33.5 Å². The summed E-state index contributed by atoms with van der Waals surface area (Å²) in [5, 5.41) is 107. The number of hydrogen-bond acceptors (Lipinski definition) is 22. The molecule has 0 radical (unpaired) electrons. The van der Waals surface area contributed by atoms with Crippen molar-refractivity contribution >= 4 is 11.9 Å². The summed E-state index contributed by atoms with van der Waals surface area (Å²) in [6.45, 7) is 9.05. The summed E-state index contributed by atoms with van der Waals surface area (Å²) < 4.78 is 60.3. The number of carbonyl (C=O) groups is 2. The van der Waals surface area contributed by atoms with E-state index in [9.17, 15) is 60.7 Å². The number of rotatable bonds is 14. The van der Waals surface area contributed by atoms with Gasteiger partial charge in [0, 0.05) is 18.3 Å². The van der Waals surface area contributed by atoms with Gasteiger partial charge in [-0.2, -0.15) is 0 Å². The highest BCUT2D eigenvalue weighted by Gasteiger charge is 2.69. The van der Waals surface area contributed by atoms with Gasteiger partial charge in [0.15, 0.2) is 24.7 Å². The first-order chi connectivity index (χ1) is 35.0. The summed E-state index contributed by atoms with van der Waals surface area (Å²) in [6.07, 6.45) is -14.7. The Labute approximate surface area is 431 Å². The van der Waals surface area contributed by atoms with Crippen molar-refractivity contribution in [3.63, 3.8) is 0 Å². The lowest BCUT2D eigenvalue weighted by molar-refractivity contribution is -0.389. The lowest BCUT2D eigenvalue weighted by Crippen LogP contribution is -2.67. The van der Waals surface area contributed by atoms with Crippen LogP contribution in [0.1, 0.15) is 105 Å². The molecule has 0 aromatic carbocycles. The van der Waals surface area contributed by atoms with Crippen LogP contribution in [0, 0.1) is 46.3 Å². The van der Waals surface area contributed by atoms with Gasteiger partial charge >= 0.3 is 11.9 Å². The smallest absolute Gasteiger partial charge is 0.308 e. The molecular weight excluding hydrogens is 977 g/mol. The molecule has 27 atom stereocenters. The van der Waals surface area contributed by atoms with Crippen LogP contribution in [0.2, 0.25) is 0 Å².